The van der Waals surface area contributed by atoms with Crippen molar-refractivity contribution in [1.82, 2.24) is 19.7 Å². The van der Waals surface area contributed by atoms with Gasteiger partial charge in [-0.1, -0.05) is 18.3 Å². The zero-order chi connectivity index (χ0) is 20.5. The number of rotatable bonds is 6. The van der Waals surface area contributed by atoms with Crippen molar-refractivity contribution >= 4 is 49.9 Å². The number of carbonyl (C=O) groups is 2. The number of amides is 1. The lowest BCUT2D eigenvalue weighted by atomic mass is 10.2. The van der Waals surface area contributed by atoms with Gasteiger partial charge in [-0.15, -0.1) is 21.5 Å². The minimum Gasteiger partial charge on any atom is -0.478 e. The molecule has 1 aliphatic heterocycles. The maximum atomic E-state index is 12.9. The summed E-state index contributed by atoms with van der Waals surface area (Å²) in [6.07, 6.45) is 2.16. The van der Waals surface area contributed by atoms with Gasteiger partial charge >= 0.3 is 5.97 Å². The quantitative estimate of drug-likeness (QED) is 0.600. The molecular formula is C17H17N5O5S2. The van der Waals surface area contributed by atoms with Gasteiger partial charge in [-0.25, -0.2) is 9.78 Å². The van der Waals surface area contributed by atoms with Gasteiger partial charge in [0.15, 0.2) is 0 Å². The number of carboxylic acid groups (broad SMARTS) is 1. The van der Waals surface area contributed by atoms with Gasteiger partial charge in [0.25, 0.3) is 5.56 Å². The molecule has 1 unspecified atom stereocenters. The highest BCUT2D eigenvalue weighted by Crippen LogP contribution is 2.31. The van der Waals surface area contributed by atoms with Gasteiger partial charge in [-0.3, -0.25) is 19.5 Å². The molecule has 1 atom stereocenters. The van der Waals surface area contributed by atoms with Crippen LogP contribution in [-0.4, -0.2) is 43.3 Å². The van der Waals surface area contributed by atoms with Crippen LogP contribution in [0.15, 0.2) is 10.2 Å². The van der Waals surface area contributed by atoms with Crippen LogP contribution in [0.3, 0.4) is 0 Å². The van der Waals surface area contributed by atoms with Crippen LogP contribution in [-0.2, 0) is 22.5 Å². The number of anilines is 1. The van der Waals surface area contributed by atoms with Crippen molar-refractivity contribution in [2.24, 2.45) is 0 Å². The Kier molecular flexibility index (Phi) is 5.39. The lowest BCUT2D eigenvalue weighted by molar-refractivity contribution is -0.116. The molecule has 1 fully saturated rings. The minimum atomic E-state index is -1.20. The summed E-state index contributed by atoms with van der Waals surface area (Å²) in [7, 11) is 0. The summed E-state index contributed by atoms with van der Waals surface area (Å²) >= 11 is 2.33. The van der Waals surface area contributed by atoms with E-state index in [4.69, 9.17) is 4.74 Å². The van der Waals surface area contributed by atoms with E-state index in [9.17, 15) is 19.5 Å². The zero-order valence-corrected chi connectivity index (χ0v) is 17.0. The number of ether oxygens (including phenoxy) is 1. The highest BCUT2D eigenvalue weighted by molar-refractivity contribution is 7.17. The Bertz CT molecular complexity index is 1140. The molecule has 1 aliphatic rings. The SMILES string of the molecule is CCc1nc2scc(C(=O)O)c2c(=O)n1CC(=O)Nc1nnc(C2CCCO2)s1. The predicted octanol–water partition coefficient (Wildman–Crippen LogP) is 2.06. The Balaban J connectivity index is 1.59. The number of carbonyl (C=O) groups excluding carboxylic acids is 1. The number of nitrogens with zero attached hydrogens (tertiary/aromatic N) is 4. The lowest BCUT2D eigenvalue weighted by Crippen LogP contribution is -2.31. The van der Waals surface area contributed by atoms with Crippen molar-refractivity contribution in [3.05, 3.63) is 32.1 Å². The third kappa shape index (κ3) is 3.78. The fraction of sp³-hybridized carbons (Fsp3) is 0.412. The van der Waals surface area contributed by atoms with E-state index < -0.39 is 17.4 Å². The molecule has 0 bridgehead atoms. The molecule has 0 aromatic carbocycles. The average molecular weight is 435 g/mol. The second-order valence-electron chi connectivity index (χ2n) is 6.40. The number of hydrogen-bond acceptors (Lipinski definition) is 9. The fourth-order valence-electron chi connectivity index (χ4n) is 3.15. The van der Waals surface area contributed by atoms with Gasteiger partial charge in [0, 0.05) is 18.4 Å². The largest absolute Gasteiger partial charge is 0.478 e. The number of carboxylic acids is 1. The summed E-state index contributed by atoms with van der Waals surface area (Å²) in [5, 5.41) is 22.4. The van der Waals surface area contributed by atoms with Crippen LogP contribution >= 0.6 is 22.7 Å². The third-order valence-electron chi connectivity index (χ3n) is 4.51. The number of aryl methyl sites for hydroxylation is 1. The van der Waals surface area contributed by atoms with E-state index in [0.29, 0.717) is 33.8 Å². The van der Waals surface area contributed by atoms with Gasteiger partial charge in [0.05, 0.1) is 10.9 Å². The van der Waals surface area contributed by atoms with E-state index in [1.807, 2.05) is 6.92 Å². The summed E-state index contributed by atoms with van der Waals surface area (Å²) in [6, 6.07) is 0. The van der Waals surface area contributed by atoms with E-state index in [1.165, 1.54) is 21.3 Å². The summed E-state index contributed by atoms with van der Waals surface area (Å²) in [5.41, 5.74) is -0.650. The van der Waals surface area contributed by atoms with Crippen molar-refractivity contribution in [3.8, 4) is 0 Å². The molecule has 4 rings (SSSR count). The Morgan fingerprint density at radius 1 is 1.41 bits per heavy atom. The second kappa shape index (κ2) is 7.97. The molecule has 1 saturated heterocycles. The van der Waals surface area contributed by atoms with Gasteiger partial charge in [-0.05, 0) is 12.8 Å². The number of aromatic carboxylic acids is 1. The first kappa shape index (κ1) is 19.6. The second-order valence-corrected chi connectivity index (χ2v) is 8.27. The molecule has 0 aliphatic carbocycles. The Morgan fingerprint density at radius 3 is 2.93 bits per heavy atom. The molecule has 0 spiro atoms. The zero-order valence-electron chi connectivity index (χ0n) is 15.4. The molecule has 152 valence electrons. The molecule has 4 heterocycles. The van der Waals surface area contributed by atoms with Crippen molar-refractivity contribution in [2.45, 2.75) is 38.8 Å². The Hall–Kier alpha value is -2.70. The lowest BCUT2D eigenvalue weighted by Gasteiger charge is -2.10. The van der Waals surface area contributed by atoms with Crippen molar-refractivity contribution < 1.29 is 19.4 Å². The minimum absolute atomic E-state index is 0.0177. The number of hydrogen-bond donors (Lipinski definition) is 2. The van der Waals surface area contributed by atoms with Crippen LogP contribution in [0.25, 0.3) is 10.2 Å². The molecule has 10 nitrogen and oxygen atoms in total. The molecule has 0 radical (unpaired) electrons. The monoisotopic (exact) mass is 435 g/mol. The van der Waals surface area contributed by atoms with E-state index in [0.717, 1.165) is 24.2 Å². The standard InChI is InChI=1S/C17H17N5O5S2/c1-2-10-18-14-12(8(7-28-14)16(25)26)15(24)22(10)6-11(23)19-17-21-20-13(29-17)9-4-3-5-27-9/h7,9H,2-6H2,1H3,(H,25,26)(H,19,21,23). The highest BCUT2D eigenvalue weighted by Gasteiger charge is 2.23. The van der Waals surface area contributed by atoms with Gasteiger partial charge < -0.3 is 9.84 Å². The Labute approximate surface area is 172 Å². The first-order chi connectivity index (χ1) is 14.0. The van der Waals surface area contributed by atoms with Gasteiger partial charge in [-0.2, -0.15) is 0 Å². The van der Waals surface area contributed by atoms with E-state index in [-0.39, 0.29) is 23.6 Å². The first-order valence-corrected chi connectivity index (χ1v) is 10.7. The van der Waals surface area contributed by atoms with Crippen molar-refractivity contribution in [3.63, 3.8) is 0 Å². The maximum Gasteiger partial charge on any atom is 0.337 e. The average Bonchev–Trinajstić information content (AvgIpc) is 3.43. The molecular weight excluding hydrogens is 418 g/mol. The van der Waals surface area contributed by atoms with Crippen LogP contribution in [0.5, 0.6) is 0 Å². The van der Waals surface area contributed by atoms with Gasteiger partial charge in [0.2, 0.25) is 11.0 Å². The number of fused-ring (bicyclic) bond motifs is 1. The molecule has 2 N–H and O–H groups in total. The smallest absolute Gasteiger partial charge is 0.337 e. The van der Waals surface area contributed by atoms with E-state index >= 15 is 0 Å². The van der Waals surface area contributed by atoms with Gasteiger partial charge in [0.1, 0.15) is 28.3 Å². The fourth-order valence-corrected chi connectivity index (χ4v) is 4.91. The summed E-state index contributed by atoms with van der Waals surface area (Å²) in [4.78, 5) is 41.5. The van der Waals surface area contributed by atoms with Crippen LogP contribution in [0.1, 0.15) is 47.1 Å². The molecule has 0 saturated carbocycles. The number of nitrogens with one attached hydrogen (secondary N) is 1. The third-order valence-corrected chi connectivity index (χ3v) is 6.32. The number of thiophene rings is 1. The molecule has 12 heteroatoms. The highest BCUT2D eigenvalue weighted by atomic mass is 32.1. The molecule has 29 heavy (non-hydrogen) atoms. The topological polar surface area (TPSA) is 136 Å². The first-order valence-electron chi connectivity index (χ1n) is 8.97. The summed E-state index contributed by atoms with van der Waals surface area (Å²) < 4.78 is 6.76. The predicted molar refractivity (Wildman–Crippen MR) is 107 cm³/mol. The van der Waals surface area contributed by atoms with Crippen LogP contribution < -0.4 is 10.9 Å². The van der Waals surface area contributed by atoms with E-state index in [2.05, 4.69) is 20.5 Å². The summed E-state index contributed by atoms with van der Waals surface area (Å²) in [5.74, 6) is -1.26. The van der Waals surface area contributed by atoms with Crippen LogP contribution in [0.2, 0.25) is 0 Å². The normalized spacial score (nSPS) is 16.4. The van der Waals surface area contributed by atoms with Crippen molar-refractivity contribution in [2.75, 3.05) is 11.9 Å². The molecule has 1 amide bonds. The molecule has 3 aromatic heterocycles. The van der Waals surface area contributed by atoms with E-state index in [1.54, 1.807) is 0 Å². The van der Waals surface area contributed by atoms with Crippen LogP contribution in [0, 0.1) is 0 Å². The summed E-state index contributed by atoms with van der Waals surface area (Å²) in [6.45, 7) is 2.20. The van der Waals surface area contributed by atoms with Crippen molar-refractivity contribution in [1.29, 1.82) is 0 Å². The van der Waals surface area contributed by atoms with Crippen LogP contribution in [0.4, 0.5) is 5.13 Å². The number of aromatic nitrogens is 4. The molecule has 3 aromatic rings. The maximum absolute atomic E-state index is 12.9. The Morgan fingerprint density at radius 2 is 2.24 bits per heavy atom.